The molecule has 23 heavy (non-hydrogen) atoms. The van der Waals surface area contributed by atoms with E-state index in [4.69, 9.17) is 4.74 Å². The van der Waals surface area contributed by atoms with E-state index in [1.807, 2.05) is 6.07 Å². The summed E-state index contributed by atoms with van der Waals surface area (Å²) in [6, 6.07) is 6.65. The second kappa shape index (κ2) is 6.63. The smallest absolute Gasteiger partial charge is 0.152 e. The molecule has 1 N–H and O–H groups in total. The molecule has 0 radical (unpaired) electrons. The number of hydrogen-bond donors (Lipinski definition) is 1. The minimum Gasteiger partial charge on any atom is -0.380 e. The van der Waals surface area contributed by atoms with Crippen molar-refractivity contribution in [3.63, 3.8) is 0 Å². The van der Waals surface area contributed by atoms with Crippen molar-refractivity contribution in [3.8, 4) is 0 Å². The molecule has 2 aromatic heterocycles. The molecule has 7 heteroatoms. The molecule has 3 rings (SSSR count). The first-order valence-corrected chi connectivity index (χ1v) is 7.86. The van der Waals surface area contributed by atoms with Crippen LogP contribution in [-0.2, 0) is 11.3 Å². The van der Waals surface area contributed by atoms with Crippen molar-refractivity contribution in [1.29, 1.82) is 0 Å². The Kier molecular flexibility index (Phi) is 4.58. The van der Waals surface area contributed by atoms with E-state index in [-0.39, 0.29) is 12.4 Å². The van der Waals surface area contributed by atoms with Gasteiger partial charge in [0.05, 0.1) is 24.0 Å². The molecule has 1 aromatic carbocycles. The number of nitrogens with zero attached hydrogens (tertiary/aromatic N) is 2. The lowest BCUT2D eigenvalue weighted by molar-refractivity contribution is 0.112. The zero-order chi connectivity index (χ0) is 16.4. The molecule has 0 fully saturated rings. The first-order valence-electron chi connectivity index (χ1n) is 6.78. The van der Waals surface area contributed by atoms with E-state index in [1.54, 1.807) is 36.2 Å². The summed E-state index contributed by atoms with van der Waals surface area (Å²) < 4.78 is 21.9. The van der Waals surface area contributed by atoms with Crippen molar-refractivity contribution in [2.75, 3.05) is 12.4 Å². The lowest BCUT2D eigenvalue weighted by atomic mass is 10.1. The number of aldehydes is 1. The van der Waals surface area contributed by atoms with E-state index >= 15 is 0 Å². The quantitative estimate of drug-likeness (QED) is 0.500. The number of imidazole rings is 1. The summed E-state index contributed by atoms with van der Waals surface area (Å²) in [4.78, 5) is 15.4. The van der Waals surface area contributed by atoms with Crippen LogP contribution in [0.25, 0.3) is 5.52 Å². The number of aromatic nitrogens is 2. The Morgan fingerprint density at radius 2 is 2.26 bits per heavy atom. The van der Waals surface area contributed by atoms with Gasteiger partial charge in [-0.2, -0.15) is 0 Å². The van der Waals surface area contributed by atoms with E-state index in [0.717, 1.165) is 15.4 Å². The zero-order valence-electron chi connectivity index (χ0n) is 12.2. The van der Waals surface area contributed by atoms with Gasteiger partial charge >= 0.3 is 0 Å². The maximum atomic E-state index is 14.1. The van der Waals surface area contributed by atoms with E-state index in [2.05, 4.69) is 32.9 Å². The number of rotatable bonds is 5. The average molecular weight is 425 g/mol. The molecule has 0 amide bonds. The predicted molar refractivity (Wildman–Crippen MR) is 93.7 cm³/mol. The Morgan fingerprint density at radius 3 is 2.96 bits per heavy atom. The first-order chi connectivity index (χ1) is 11.1. The van der Waals surface area contributed by atoms with Crippen molar-refractivity contribution in [3.05, 3.63) is 57.3 Å². The first kappa shape index (κ1) is 15.9. The van der Waals surface area contributed by atoms with Gasteiger partial charge in [-0.25, -0.2) is 9.37 Å². The van der Waals surface area contributed by atoms with Gasteiger partial charge in [-0.15, -0.1) is 0 Å². The van der Waals surface area contributed by atoms with E-state index in [1.165, 1.54) is 6.07 Å². The lowest BCUT2D eigenvalue weighted by Gasteiger charge is -2.16. The molecule has 3 aromatic rings. The number of methoxy groups -OCH3 is 1. The number of anilines is 2. The summed E-state index contributed by atoms with van der Waals surface area (Å²) in [5, 5.41) is 3.08. The van der Waals surface area contributed by atoms with Gasteiger partial charge in [0.15, 0.2) is 6.29 Å². The number of pyridine rings is 1. The molecule has 0 atom stereocenters. The fraction of sp³-hybridized carbons (Fsp3) is 0.125. The van der Waals surface area contributed by atoms with Crippen LogP contribution in [0.5, 0.6) is 0 Å². The Morgan fingerprint density at radius 1 is 1.43 bits per heavy atom. The number of ether oxygens (including phenoxy) is 1. The molecule has 0 aliphatic carbocycles. The van der Waals surface area contributed by atoms with Gasteiger partial charge in [0.25, 0.3) is 0 Å². The fourth-order valence-electron chi connectivity index (χ4n) is 2.39. The highest BCUT2D eigenvalue weighted by Crippen LogP contribution is 2.27. The largest absolute Gasteiger partial charge is 0.380 e. The van der Waals surface area contributed by atoms with Crippen molar-refractivity contribution in [1.82, 2.24) is 9.38 Å². The highest BCUT2D eigenvalue weighted by molar-refractivity contribution is 14.1. The second-order valence-corrected chi connectivity index (χ2v) is 6.17. The van der Waals surface area contributed by atoms with Crippen molar-refractivity contribution in [2.45, 2.75) is 6.61 Å². The van der Waals surface area contributed by atoms with Gasteiger partial charge in [-0.1, -0.05) is 0 Å². The summed E-state index contributed by atoms with van der Waals surface area (Å²) in [6.45, 7) is 0.281. The molecular weight excluding hydrogens is 412 g/mol. The minimum atomic E-state index is -0.354. The standard InChI is InChI=1S/C16H13FIN3O2/c1-23-8-11-4-10(7-22)15-6-19-9-21(15)16(11)20-14-3-2-12(18)5-13(14)17/h2-7,9,20H,8H2,1H3. The van der Waals surface area contributed by atoms with Crippen LogP contribution >= 0.6 is 22.6 Å². The maximum Gasteiger partial charge on any atom is 0.152 e. The molecular formula is C16H13FIN3O2. The molecule has 0 saturated heterocycles. The SMILES string of the molecule is COCc1cc(C=O)c2cncn2c1Nc1ccc(I)cc1F. The summed E-state index contributed by atoms with van der Waals surface area (Å²) >= 11 is 2.05. The molecule has 0 spiro atoms. The molecule has 0 unspecified atom stereocenters. The highest BCUT2D eigenvalue weighted by Gasteiger charge is 2.14. The maximum absolute atomic E-state index is 14.1. The van der Waals surface area contributed by atoms with Crippen LogP contribution in [0.3, 0.4) is 0 Å². The molecule has 118 valence electrons. The van der Waals surface area contributed by atoms with E-state index in [9.17, 15) is 9.18 Å². The number of benzene rings is 1. The van der Waals surface area contributed by atoms with Crippen LogP contribution in [0.1, 0.15) is 15.9 Å². The van der Waals surface area contributed by atoms with Crippen LogP contribution in [0.2, 0.25) is 0 Å². The van der Waals surface area contributed by atoms with Crippen molar-refractivity contribution >= 4 is 45.9 Å². The van der Waals surface area contributed by atoms with Gasteiger partial charge in [-0.3, -0.25) is 9.20 Å². The number of nitrogens with one attached hydrogen (secondary N) is 1. The Balaban J connectivity index is 2.16. The Bertz CT molecular complexity index is 879. The Hall–Kier alpha value is -2.00. The van der Waals surface area contributed by atoms with Crippen molar-refractivity contribution < 1.29 is 13.9 Å². The number of halogens is 2. The topological polar surface area (TPSA) is 55.6 Å². The van der Waals surface area contributed by atoms with E-state index in [0.29, 0.717) is 22.6 Å². The molecule has 2 heterocycles. The Labute approximate surface area is 145 Å². The monoisotopic (exact) mass is 425 g/mol. The number of fused-ring (bicyclic) bond motifs is 1. The van der Waals surface area contributed by atoms with Crippen LogP contribution in [-0.4, -0.2) is 22.8 Å². The number of hydrogen-bond acceptors (Lipinski definition) is 4. The van der Waals surface area contributed by atoms with Crippen LogP contribution in [0.15, 0.2) is 36.8 Å². The van der Waals surface area contributed by atoms with Gasteiger partial charge < -0.3 is 10.1 Å². The molecule has 0 bridgehead atoms. The molecule has 5 nitrogen and oxygen atoms in total. The minimum absolute atomic E-state index is 0.281. The number of carbonyl (C=O) groups is 1. The summed E-state index contributed by atoms with van der Waals surface area (Å²) in [5.74, 6) is 0.262. The fourth-order valence-corrected chi connectivity index (χ4v) is 2.84. The van der Waals surface area contributed by atoms with Crippen LogP contribution in [0.4, 0.5) is 15.9 Å². The van der Waals surface area contributed by atoms with Gasteiger partial charge in [0.1, 0.15) is 18.0 Å². The van der Waals surface area contributed by atoms with Crippen molar-refractivity contribution in [2.24, 2.45) is 0 Å². The normalized spacial score (nSPS) is 10.9. The third kappa shape index (κ3) is 3.06. The summed E-state index contributed by atoms with van der Waals surface area (Å²) in [5.41, 5.74) is 2.23. The molecule has 0 saturated carbocycles. The second-order valence-electron chi connectivity index (χ2n) is 4.92. The van der Waals surface area contributed by atoms with E-state index < -0.39 is 0 Å². The van der Waals surface area contributed by atoms with Crippen LogP contribution in [0, 0.1) is 9.39 Å². The third-order valence-electron chi connectivity index (χ3n) is 3.42. The lowest BCUT2D eigenvalue weighted by Crippen LogP contribution is -2.07. The third-order valence-corrected chi connectivity index (χ3v) is 4.09. The number of carbonyl (C=O) groups excluding carboxylic acids is 1. The zero-order valence-corrected chi connectivity index (χ0v) is 14.4. The highest BCUT2D eigenvalue weighted by atomic mass is 127. The predicted octanol–water partition coefficient (Wildman–Crippen LogP) is 3.78. The molecule has 0 aliphatic rings. The average Bonchev–Trinajstić information content (AvgIpc) is 3.01. The summed E-state index contributed by atoms with van der Waals surface area (Å²) in [7, 11) is 1.56. The summed E-state index contributed by atoms with van der Waals surface area (Å²) in [6.07, 6.45) is 3.94. The van der Waals surface area contributed by atoms with Gasteiger partial charge in [0, 0.05) is 21.8 Å². The van der Waals surface area contributed by atoms with Crippen LogP contribution < -0.4 is 5.32 Å². The van der Waals surface area contributed by atoms with Gasteiger partial charge in [0.2, 0.25) is 0 Å². The molecule has 0 aliphatic heterocycles. The van der Waals surface area contributed by atoms with Gasteiger partial charge in [-0.05, 0) is 46.9 Å².